The topological polar surface area (TPSA) is 111 Å². The van der Waals surface area contributed by atoms with Gasteiger partial charge in [0.05, 0.1) is 0 Å². The van der Waals surface area contributed by atoms with E-state index >= 15 is 0 Å². The van der Waals surface area contributed by atoms with Gasteiger partial charge >= 0.3 is 0 Å². The number of hydrogen-bond donors (Lipinski definition) is 2. The van der Waals surface area contributed by atoms with Crippen molar-refractivity contribution in [1.29, 1.82) is 0 Å². The fraction of sp³-hybridized carbons (Fsp3) is 0.333. The summed E-state index contributed by atoms with van der Waals surface area (Å²) in [5, 5.41) is 5.53. The number of unbranched alkanes of at least 4 members (excludes halogenated alkanes) is 1. The van der Waals surface area contributed by atoms with E-state index in [9.17, 15) is 19.2 Å². The Hall–Kier alpha value is -4.20. The first-order chi connectivity index (χ1) is 18.2. The highest BCUT2D eigenvalue weighted by Crippen LogP contribution is 2.16. The Morgan fingerprint density at radius 2 is 0.974 bits per heavy atom. The van der Waals surface area contributed by atoms with Crippen LogP contribution in [0.15, 0.2) is 72.8 Å². The summed E-state index contributed by atoms with van der Waals surface area (Å²) >= 11 is 0. The number of hydrogen-bond acceptors (Lipinski definition) is 6. The summed E-state index contributed by atoms with van der Waals surface area (Å²) in [4.78, 5) is 48.1. The van der Waals surface area contributed by atoms with E-state index in [2.05, 4.69) is 23.8 Å². The number of ketones is 2. The van der Waals surface area contributed by atoms with E-state index in [0.717, 1.165) is 0 Å². The highest BCUT2D eigenvalue weighted by atomic mass is 16.5. The molecule has 0 saturated carbocycles. The van der Waals surface area contributed by atoms with E-state index in [1.807, 2.05) is 13.8 Å². The number of rotatable bonds is 17. The zero-order valence-electron chi connectivity index (χ0n) is 22.1. The highest BCUT2D eigenvalue weighted by molar-refractivity contribution is 6.08. The minimum absolute atomic E-state index is 0.0983. The van der Waals surface area contributed by atoms with Gasteiger partial charge in [0.25, 0.3) is 11.8 Å². The molecule has 0 bridgehead atoms. The van der Waals surface area contributed by atoms with Crippen LogP contribution >= 0.6 is 0 Å². The molecular formula is C30H36N2O6. The average molecular weight is 521 g/mol. The van der Waals surface area contributed by atoms with E-state index in [1.54, 1.807) is 48.5 Å². The van der Waals surface area contributed by atoms with Crippen molar-refractivity contribution in [3.05, 3.63) is 84.0 Å². The predicted octanol–water partition coefficient (Wildman–Crippen LogP) is 4.45. The Morgan fingerprint density at radius 3 is 1.29 bits per heavy atom. The van der Waals surface area contributed by atoms with Gasteiger partial charge in [0.1, 0.15) is 11.5 Å². The molecule has 0 atom stereocenters. The first-order valence-corrected chi connectivity index (χ1v) is 12.7. The van der Waals surface area contributed by atoms with Gasteiger partial charge in [0.2, 0.25) is 0 Å². The van der Waals surface area contributed by atoms with E-state index in [1.165, 1.54) is 0 Å². The number of carbonyl (C=O) groups excluding carboxylic acids is 4. The largest absolute Gasteiger partial charge is 0.484 e. The molecule has 8 heteroatoms. The van der Waals surface area contributed by atoms with Crippen LogP contribution in [0.3, 0.4) is 0 Å². The fourth-order valence-electron chi connectivity index (χ4n) is 3.24. The molecule has 2 N–H and O–H groups in total. The Balaban J connectivity index is 1.55. The SMILES string of the molecule is C=C(CC)C(=O)c1ccc(OCC(=O)NCCCCNC(=O)COc2ccc(C(=O)C(=C)CC)cc2)cc1. The lowest BCUT2D eigenvalue weighted by Gasteiger charge is -2.09. The molecule has 0 fully saturated rings. The van der Waals surface area contributed by atoms with Crippen molar-refractivity contribution in [2.24, 2.45) is 0 Å². The number of benzene rings is 2. The van der Waals surface area contributed by atoms with E-state index in [4.69, 9.17) is 9.47 Å². The lowest BCUT2D eigenvalue weighted by molar-refractivity contribution is -0.124. The third-order valence-corrected chi connectivity index (χ3v) is 5.72. The number of carbonyl (C=O) groups is 4. The number of nitrogens with one attached hydrogen (secondary N) is 2. The van der Waals surface area contributed by atoms with E-state index in [-0.39, 0.29) is 36.6 Å². The maximum atomic E-state index is 12.1. The lowest BCUT2D eigenvalue weighted by atomic mass is 10.0. The number of allylic oxidation sites excluding steroid dienone is 2. The van der Waals surface area contributed by atoms with Gasteiger partial charge in [0, 0.05) is 24.2 Å². The molecule has 0 aliphatic rings. The molecule has 0 unspecified atom stereocenters. The summed E-state index contributed by atoms with van der Waals surface area (Å²) in [6, 6.07) is 13.2. The molecule has 2 aromatic rings. The van der Waals surface area contributed by atoms with Gasteiger partial charge in [-0.25, -0.2) is 0 Å². The smallest absolute Gasteiger partial charge is 0.257 e. The van der Waals surface area contributed by atoms with Crippen LogP contribution in [0.5, 0.6) is 11.5 Å². The second-order valence-corrected chi connectivity index (χ2v) is 8.61. The van der Waals surface area contributed by atoms with Crippen molar-refractivity contribution in [3.8, 4) is 11.5 Å². The normalized spacial score (nSPS) is 10.3. The maximum absolute atomic E-state index is 12.1. The van der Waals surface area contributed by atoms with Gasteiger partial charge < -0.3 is 20.1 Å². The van der Waals surface area contributed by atoms with Crippen LogP contribution in [0.4, 0.5) is 0 Å². The van der Waals surface area contributed by atoms with Crippen LogP contribution in [-0.4, -0.2) is 49.7 Å². The summed E-state index contributed by atoms with van der Waals surface area (Å²) in [6.45, 7) is 11.9. The summed E-state index contributed by atoms with van der Waals surface area (Å²) in [6.07, 6.45) is 2.55. The molecule has 0 aromatic heterocycles. The van der Waals surface area contributed by atoms with Crippen LogP contribution in [0.25, 0.3) is 0 Å². The van der Waals surface area contributed by atoms with Crippen LogP contribution in [-0.2, 0) is 9.59 Å². The molecular weight excluding hydrogens is 484 g/mol. The molecule has 0 spiro atoms. The third-order valence-electron chi connectivity index (χ3n) is 5.72. The van der Waals surface area contributed by atoms with Gasteiger partial charge in [-0.3, -0.25) is 19.2 Å². The van der Waals surface area contributed by atoms with Crippen LogP contribution in [0.2, 0.25) is 0 Å². The molecule has 8 nitrogen and oxygen atoms in total. The predicted molar refractivity (Wildman–Crippen MR) is 147 cm³/mol. The van der Waals surface area contributed by atoms with Gasteiger partial charge in [-0.15, -0.1) is 0 Å². The monoisotopic (exact) mass is 520 g/mol. The van der Waals surface area contributed by atoms with E-state index in [0.29, 0.717) is 72.5 Å². The van der Waals surface area contributed by atoms with Gasteiger partial charge in [-0.2, -0.15) is 0 Å². The molecule has 38 heavy (non-hydrogen) atoms. The molecule has 0 saturated heterocycles. The standard InChI is InChI=1S/C30H36N2O6/c1-5-21(3)29(35)23-9-13-25(14-10-23)37-19-27(33)31-17-7-8-18-32-28(34)20-38-26-15-11-24(12-16-26)30(36)22(4)6-2/h9-16H,3-8,17-20H2,1-2H3,(H,31,33)(H,32,34). The summed E-state index contributed by atoms with van der Waals surface area (Å²) in [7, 11) is 0. The molecule has 0 radical (unpaired) electrons. The summed E-state index contributed by atoms with van der Waals surface area (Å²) < 4.78 is 10.9. The van der Waals surface area contributed by atoms with Crippen molar-refractivity contribution in [2.75, 3.05) is 26.3 Å². The van der Waals surface area contributed by atoms with Crippen molar-refractivity contribution in [1.82, 2.24) is 10.6 Å². The minimum Gasteiger partial charge on any atom is -0.484 e. The second kappa shape index (κ2) is 15.8. The number of Topliss-reactive ketones (excluding diaryl/α,β-unsaturated/α-hetero) is 2. The van der Waals surface area contributed by atoms with Crippen molar-refractivity contribution in [2.45, 2.75) is 39.5 Å². The van der Waals surface area contributed by atoms with Crippen LogP contribution < -0.4 is 20.1 Å². The Kier molecular flexibility index (Phi) is 12.5. The quantitative estimate of drug-likeness (QED) is 0.181. The number of amides is 2. The van der Waals surface area contributed by atoms with Gasteiger partial charge in [-0.1, -0.05) is 27.0 Å². The lowest BCUT2D eigenvalue weighted by Crippen LogP contribution is -2.32. The Morgan fingerprint density at radius 1 is 0.632 bits per heavy atom. The fourth-order valence-corrected chi connectivity index (χ4v) is 3.24. The average Bonchev–Trinajstić information content (AvgIpc) is 2.95. The van der Waals surface area contributed by atoms with Gasteiger partial charge in [0.15, 0.2) is 24.8 Å². The number of ether oxygens (including phenoxy) is 2. The molecule has 0 heterocycles. The molecule has 0 aliphatic heterocycles. The van der Waals surface area contributed by atoms with E-state index < -0.39 is 0 Å². The zero-order valence-corrected chi connectivity index (χ0v) is 22.1. The minimum atomic E-state index is -0.256. The molecule has 2 amide bonds. The maximum Gasteiger partial charge on any atom is 0.257 e. The second-order valence-electron chi connectivity index (χ2n) is 8.61. The van der Waals surface area contributed by atoms with Crippen molar-refractivity contribution >= 4 is 23.4 Å². The van der Waals surface area contributed by atoms with Crippen molar-refractivity contribution < 1.29 is 28.7 Å². The van der Waals surface area contributed by atoms with Crippen LogP contribution in [0, 0.1) is 0 Å². The molecule has 2 rings (SSSR count). The molecule has 202 valence electrons. The molecule has 2 aromatic carbocycles. The summed E-state index contributed by atoms with van der Waals surface area (Å²) in [5.41, 5.74) is 2.16. The Bertz CT molecular complexity index is 1040. The molecule has 0 aliphatic carbocycles. The Labute approximate surface area is 224 Å². The first kappa shape index (κ1) is 30.0. The third kappa shape index (κ3) is 10.0. The van der Waals surface area contributed by atoms with Crippen molar-refractivity contribution in [3.63, 3.8) is 0 Å². The highest BCUT2D eigenvalue weighted by Gasteiger charge is 2.10. The van der Waals surface area contributed by atoms with Crippen LogP contribution in [0.1, 0.15) is 60.2 Å². The zero-order chi connectivity index (χ0) is 27.9. The van der Waals surface area contributed by atoms with Gasteiger partial charge in [-0.05, 0) is 85.4 Å². The first-order valence-electron chi connectivity index (χ1n) is 12.7. The summed E-state index contributed by atoms with van der Waals surface area (Å²) in [5.74, 6) is 0.284.